The predicted octanol–water partition coefficient (Wildman–Crippen LogP) is 8.57. The van der Waals surface area contributed by atoms with Gasteiger partial charge in [0.2, 0.25) is 0 Å². The lowest BCUT2D eigenvalue weighted by Gasteiger charge is -2.15. The number of unbranched alkanes of at least 4 members (excludes halogenated alkanes) is 5. The average Bonchev–Trinajstić information content (AvgIpc) is 2.71. The Morgan fingerprint density at radius 3 is 2.32 bits per heavy atom. The minimum absolute atomic E-state index is 0.612. The summed E-state index contributed by atoms with van der Waals surface area (Å²) in [6.07, 6.45) is 10.7. The molecule has 4 heteroatoms. The molecule has 0 fully saturated rings. The minimum Gasteiger partial charge on any atom is -0.493 e. The van der Waals surface area contributed by atoms with Gasteiger partial charge < -0.3 is 9.47 Å². The molecule has 0 heterocycles. The molecule has 2 rings (SSSR count). The van der Waals surface area contributed by atoms with Crippen molar-refractivity contribution in [2.24, 2.45) is 0 Å². The van der Waals surface area contributed by atoms with Crippen molar-refractivity contribution in [1.82, 2.24) is 0 Å². The van der Waals surface area contributed by atoms with Gasteiger partial charge in [0, 0.05) is 21.7 Å². The Morgan fingerprint density at radius 2 is 1.57 bits per heavy atom. The van der Waals surface area contributed by atoms with Crippen LogP contribution in [-0.2, 0) is 0 Å². The van der Waals surface area contributed by atoms with Crippen LogP contribution in [-0.4, -0.2) is 18.0 Å². The van der Waals surface area contributed by atoms with E-state index in [1.165, 1.54) is 38.5 Å². The fourth-order valence-corrected chi connectivity index (χ4v) is 3.86. The third-order valence-corrected chi connectivity index (χ3v) is 6.40. The molecule has 0 aliphatic carbocycles. The monoisotopic (exact) mass is 468 g/mol. The van der Waals surface area contributed by atoms with Gasteiger partial charge in [-0.2, -0.15) is 0 Å². The van der Waals surface area contributed by atoms with E-state index in [1.54, 1.807) is 0 Å². The highest BCUT2D eigenvalue weighted by Crippen LogP contribution is 2.39. The van der Waals surface area contributed by atoms with Crippen LogP contribution in [0.2, 0.25) is 5.02 Å². The summed E-state index contributed by atoms with van der Waals surface area (Å²) in [5, 5.41) is 2.73. The van der Waals surface area contributed by atoms with Crippen LogP contribution < -0.4 is 9.47 Å². The van der Waals surface area contributed by atoms with Crippen molar-refractivity contribution in [3.63, 3.8) is 0 Å². The summed E-state index contributed by atoms with van der Waals surface area (Å²) < 4.78 is 12.2. The summed E-state index contributed by atoms with van der Waals surface area (Å²) in [5.41, 5.74) is 0. The smallest absolute Gasteiger partial charge is 0.145 e. The van der Waals surface area contributed by atoms with Crippen LogP contribution in [0.3, 0.4) is 0 Å². The number of ether oxygens (including phenoxy) is 2. The molecule has 2 aromatic rings. The standard InChI is InChI=1S/C24H34BrClO2/c1-3-5-6-7-11-17-28-24-21-15-9-8-14-20(21)23(18-22(24)26)27-16-12-10-13-19(25)4-2/h8-9,14-15,18-19H,3-7,10-13,16-17H2,1-2H3. The molecule has 0 spiro atoms. The fraction of sp³-hybridized carbons (Fsp3) is 0.583. The van der Waals surface area contributed by atoms with Crippen molar-refractivity contribution in [2.75, 3.05) is 13.2 Å². The number of benzene rings is 2. The lowest BCUT2D eigenvalue weighted by atomic mass is 10.1. The molecule has 0 radical (unpaired) electrons. The zero-order chi connectivity index (χ0) is 20.2. The van der Waals surface area contributed by atoms with Crippen molar-refractivity contribution in [1.29, 1.82) is 0 Å². The summed E-state index contributed by atoms with van der Waals surface area (Å²) in [4.78, 5) is 0.612. The van der Waals surface area contributed by atoms with Gasteiger partial charge >= 0.3 is 0 Å². The molecule has 0 saturated heterocycles. The molecule has 0 aliphatic heterocycles. The lowest BCUT2D eigenvalue weighted by Crippen LogP contribution is -2.02. The van der Waals surface area contributed by atoms with E-state index >= 15 is 0 Å². The Bertz CT molecular complexity index is 704. The van der Waals surface area contributed by atoms with Gasteiger partial charge in [0.05, 0.1) is 18.2 Å². The van der Waals surface area contributed by atoms with E-state index in [2.05, 4.69) is 41.9 Å². The van der Waals surface area contributed by atoms with Crippen molar-refractivity contribution in [3.05, 3.63) is 35.4 Å². The quantitative estimate of drug-likeness (QED) is 0.204. The van der Waals surface area contributed by atoms with Crippen molar-refractivity contribution in [3.8, 4) is 11.5 Å². The molecule has 0 N–H and O–H groups in total. The largest absolute Gasteiger partial charge is 0.493 e. The van der Waals surface area contributed by atoms with Crippen LogP contribution in [0.4, 0.5) is 0 Å². The van der Waals surface area contributed by atoms with Crippen molar-refractivity contribution < 1.29 is 9.47 Å². The van der Waals surface area contributed by atoms with Crippen LogP contribution >= 0.6 is 27.5 Å². The second-order valence-corrected chi connectivity index (χ2v) is 9.05. The molecule has 0 saturated carbocycles. The highest BCUT2D eigenvalue weighted by atomic mass is 79.9. The maximum Gasteiger partial charge on any atom is 0.145 e. The minimum atomic E-state index is 0.612. The molecule has 1 atom stereocenters. The normalized spacial score (nSPS) is 12.3. The van der Waals surface area contributed by atoms with Crippen molar-refractivity contribution in [2.45, 2.75) is 76.5 Å². The number of hydrogen-bond donors (Lipinski definition) is 0. The van der Waals surface area contributed by atoms with Crippen LogP contribution in [0.5, 0.6) is 11.5 Å². The molecular formula is C24H34BrClO2. The average molecular weight is 470 g/mol. The second kappa shape index (κ2) is 13.3. The molecule has 28 heavy (non-hydrogen) atoms. The molecule has 0 bridgehead atoms. The molecule has 1 unspecified atom stereocenters. The molecule has 2 nitrogen and oxygen atoms in total. The van der Waals surface area contributed by atoms with Crippen LogP contribution in [0.25, 0.3) is 10.8 Å². The summed E-state index contributed by atoms with van der Waals surface area (Å²) >= 11 is 10.2. The van der Waals surface area contributed by atoms with E-state index in [4.69, 9.17) is 21.1 Å². The Labute approximate surface area is 184 Å². The van der Waals surface area contributed by atoms with E-state index in [-0.39, 0.29) is 0 Å². The summed E-state index contributed by atoms with van der Waals surface area (Å²) in [6, 6.07) is 10.1. The molecular weight excluding hydrogens is 436 g/mol. The van der Waals surface area contributed by atoms with Gasteiger partial charge in [-0.05, 0) is 32.1 Å². The highest BCUT2D eigenvalue weighted by Gasteiger charge is 2.13. The second-order valence-electron chi connectivity index (χ2n) is 7.34. The molecule has 2 aromatic carbocycles. The Hall–Kier alpha value is -0.930. The maximum atomic E-state index is 6.56. The van der Waals surface area contributed by atoms with E-state index in [0.29, 0.717) is 23.1 Å². The van der Waals surface area contributed by atoms with Crippen LogP contribution in [0.15, 0.2) is 30.3 Å². The van der Waals surface area contributed by atoms with Gasteiger partial charge in [0.15, 0.2) is 0 Å². The third-order valence-electron chi connectivity index (χ3n) is 5.02. The van der Waals surface area contributed by atoms with E-state index < -0.39 is 0 Å². The van der Waals surface area contributed by atoms with Gasteiger partial charge in [-0.25, -0.2) is 0 Å². The van der Waals surface area contributed by atoms with Gasteiger partial charge in [0.25, 0.3) is 0 Å². The molecule has 0 amide bonds. The zero-order valence-electron chi connectivity index (χ0n) is 17.3. The van der Waals surface area contributed by atoms with Gasteiger partial charge in [0.1, 0.15) is 11.5 Å². The van der Waals surface area contributed by atoms with E-state index in [9.17, 15) is 0 Å². The van der Waals surface area contributed by atoms with Gasteiger partial charge in [-0.15, -0.1) is 0 Å². The van der Waals surface area contributed by atoms with Crippen molar-refractivity contribution >= 4 is 38.3 Å². The number of alkyl halides is 1. The summed E-state index contributed by atoms with van der Waals surface area (Å²) in [7, 11) is 0. The van der Waals surface area contributed by atoms with Gasteiger partial charge in [-0.3, -0.25) is 0 Å². The summed E-state index contributed by atoms with van der Waals surface area (Å²) in [5.74, 6) is 1.63. The number of fused-ring (bicyclic) bond motifs is 1. The van der Waals surface area contributed by atoms with Crippen LogP contribution in [0.1, 0.15) is 71.6 Å². The lowest BCUT2D eigenvalue weighted by molar-refractivity contribution is 0.302. The Morgan fingerprint density at radius 1 is 0.893 bits per heavy atom. The number of hydrogen-bond acceptors (Lipinski definition) is 2. The first-order valence-electron chi connectivity index (χ1n) is 10.8. The summed E-state index contributed by atoms with van der Waals surface area (Å²) in [6.45, 7) is 5.86. The zero-order valence-corrected chi connectivity index (χ0v) is 19.7. The molecule has 0 aliphatic rings. The SMILES string of the molecule is CCCCCCCOc1c(Cl)cc(OCCCCC(Br)CC)c2ccccc12. The molecule has 156 valence electrons. The Kier molecular flexibility index (Phi) is 11.1. The van der Waals surface area contributed by atoms with Gasteiger partial charge in [-0.1, -0.05) is 91.3 Å². The van der Waals surface area contributed by atoms with E-state index in [0.717, 1.165) is 41.5 Å². The van der Waals surface area contributed by atoms with E-state index in [1.807, 2.05) is 18.2 Å². The topological polar surface area (TPSA) is 18.5 Å². The van der Waals surface area contributed by atoms with Crippen LogP contribution in [0, 0.1) is 0 Å². The third kappa shape index (κ3) is 7.48. The first kappa shape index (κ1) is 23.3. The predicted molar refractivity (Wildman–Crippen MR) is 126 cm³/mol. The maximum absolute atomic E-state index is 6.56. The fourth-order valence-electron chi connectivity index (χ4n) is 3.28. The first-order valence-corrected chi connectivity index (χ1v) is 12.1. The number of halogens is 2. The first-order chi connectivity index (χ1) is 13.7. The Balaban J connectivity index is 1.97. The highest BCUT2D eigenvalue weighted by molar-refractivity contribution is 9.09. The number of rotatable bonds is 14. The molecule has 0 aromatic heterocycles.